The number of hydrogen-bond donors (Lipinski definition) is 2. The molecule has 0 radical (unpaired) electrons. The Kier molecular flexibility index (Phi) is 3.77. The van der Waals surface area contributed by atoms with Gasteiger partial charge in [0.1, 0.15) is 12.2 Å². The van der Waals surface area contributed by atoms with Crippen LogP contribution in [0.25, 0.3) is 0 Å². The summed E-state index contributed by atoms with van der Waals surface area (Å²) in [6, 6.07) is 10.3. The molecule has 1 atom stereocenters. The number of quaternary nitrogens is 1. The second-order valence-corrected chi connectivity index (χ2v) is 2.80. The minimum atomic E-state index is 0.248. The van der Waals surface area contributed by atoms with E-state index >= 15 is 0 Å². The first-order valence-electron chi connectivity index (χ1n) is 4.39. The van der Waals surface area contributed by atoms with Gasteiger partial charge in [0.05, 0.1) is 13.2 Å². The quantitative estimate of drug-likeness (QED) is 0.657. The van der Waals surface area contributed by atoms with E-state index in [2.05, 4.69) is 19.1 Å². The van der Waals surface area contributed by atoms with Gasteiger partial charge >= 0.3 is 0 Å². The molecular formula is C10H16NO+. The Bertz CT molecular complexity index is 210. The van der Waals surface area contributed by atoms with Gasteiger partial charge in [-0.3, -0.25) is 0 Å². The van der Waals surface area contributed by atoms with Crippen LogP contribution in [0.1, 0.15) is 6.92 Å². The predicted molar refractivity (Wildman–Crippen MR) is 49.6 cm³/mol. The Hall–Kier alpha value is -0.860. The highest BCUT2D eigenvalue weighted by molar-refractivity contribution is 5.27. The lowest BCUT2D eigenvalue weighted by Crippen LogP contribution is -3.07. The number of para-hydroxylation sites is 1. The summed E-state index contributed by atoms with van der Waals surface area (Å²) in [5.41, 5.74) is 1.26. The molecule has 1 aromatic rings. The molecule has 0 aliphatic rings. The number of benzene rings is 1. The zero-order valence-corrected chi connectivity index (χ0v) is 7.46. The lowest BCUT2D eigenvalue weighted by Gasteiger charge is -2.15. The van der Waals surface area contributed by atoms with Gasteiger partial charge in [-0.2, -0.15) is 0 Å². The van der Waals surface area contributed by atoms with Gasteiger partial charge in [0.2, 0.25) is 0 Å². The van der Waals surface area contributed by atoms with Gasteiger partial charge in [0, 0.05) is 0 Å². The first-order chi connectivity index (χ1) is 5.88. The molecule has 0 aliphatic carbocycles. The maximum absolute atomic E-state index is 8.81. The minimum absolute atomic E-state index is 0.248. The van der Waals surface area contributed by atoms with E-state index < -0.39 is 0 Å². The van der Waals surface area contributed by atoms with Crippen LogP contribution < -0.4 is 4.90 Å². The van der Waals surface area contributed by atoms with Crippen molar-refractivity contribution in [1.29, 1.82) is 0 Å². The minimum Gasteiger partial charge on any atom is -0.391 e. The molecule has 1 rings (SSSR count). The Labute approximate surface area is 73.4 Å². The van der Waals surface area contributed by atoms with Crippen LogP contribution in [0.2, 0.25) is 0 Å². The monoisotopic (exact) mass is 166 g/mol. The molecule has 2 N–H and O–H groups in total. The van der Waals surface area contributed by atoms with Crippen molar-refractivity contribution in [2.75, 3.05) is 19.7 Å². The van der Waals surface area contributed by atoms with E-state index in [9.17, 15) is 0 Å². The molecule has 0 bridgehead atoms. The average Bonchev–Trinajstić information content (AvgIpc) is 2.15. The fourth-order valence-electron chi connectivity index (χ4n) is 1.33. The molecule has 12 heavy (non-hydrogen) atoms. The average molecular weight is 166 g/mol. The second kappa shape index (κ2) is 4.91. The standard InChI is InChI=1S/C10H15NO/c1-2-11(8-9-12)10-6-4-3-5-7-10/h3-7,12H,2,8-9H2,1H3/p+1. The van der Waals surface area contributed by atoms with Gasteiger partial charge in [-0.25, -0.2) is 0 Å². The largest absolute Gasteiger partial charge is 0.391 e. The van der Waals surface area contributed by atoms with Crippen LogP contribution in [-0.4, -0.2) is 24.8 Å². The molecule has 1 unspecified atom stereocenters. The zero-order valence-electron chi connectivity index (χ0n) is 7.46. The van der Waals surface area contributed by atoms with E-state index in [1.807, 2.05) is 18.2 Å². The molecule has 0 aliphatic heterocycles. The molecule has 1 aromatic carbocycles. The first-order valence-corrected chi connectivity index (χ1v) is 4.39. The molecule has 0 spiro atoms. The summed E-state index contributed by atoms with van der Waals surface area (Å²) in [7, 11) is 0. The van der Waals surface area contributed by atoms with Crippen molar-refractivity contribution in [1.82, 2.24) is 0 Å². The molecule has 0 aromatic heterocycles. The maximum Gasteiger partial charge on any atom is 0.131 e. The van der Waals surface area contributed by atoms with Crippen molar-refractivity contribution >= 4 is 5.69 Å². The van der Waals surface area contributed by atoms with Crippen molar-refractivity contribution in [3.8, 4) is 0 Å². The van der Waals surface area contributed by atoms with Crippen LogP contribution in [0.5, 0.6) is 0 Å². The predicted octanol–water partition coefficient (Wildman–Crippen LogP) is 0.215. The van der Waals surface area contributed by atoms with Crippen molar-refractivity contribution in [3.05, 3.63) is 30.3 Å². The fourth-order valence-corrected chi connectivity index (χ4v) is 1.33. The van der Waals surface area contributed by atoms with Crippen molar-refractivity contribution in [2.24, 2.45) is 0 Å². The van der Waals surface area contributed by atoms with Crippen molar-refractivity contribution < 1.29 is 10.0 Å². The fraction of sp³-hybridized carbons (Fsp3) is 0.400. The van der Waals surface area contributed by atoms with E-state index in [1.165, 1.54) is 10.6 Å². The summed E-state index contributed by atoms with van der Waals surface area (Å²) in [5, 5.41) is 8.81. The van der Waals surface area contributed by atoms with Crippen molar-refractivity contribution in [2.45, 2.75) is 6.92 Å². The van der Waals surface area contributed by atoms with Gasteiger partial charge in [-0.1, -0.05) is 18.2 Å². The topological polar surface area (TPSA) is 24.7 Å². The lowest BCUT2D eigenvalue weighted by molar-refractivity contribution is -0.831. The van der Waals surface area contributed by atoms with E-state index in [4.69, 9.17) is 5.11 Å². The zero-order chi connectivity index (χ0) is 8.81. The SMILES string of the molecule is CC[NH+](CCO)c1ccccc1. The van der Waals surface area contributed by atoms with Gasteiger partial charge in [0.15, 0.2) is 0 Å². The summed E-state index contributed by atoms with van der Waals surface area (Å²) < 4.78 is 0. The molecule has 2 heteroatoms. The van der Waals surface area contributed by atoms with Gasteiger partial charge in [-0.15, -0.1) is 0 Å². The van der Waals surface area contributed by atoms with Crippen LogP contribution in [0.15, 0.2) is 30.3 Å². The Morgan fingerprint density at radius 1 is 1.25 bits per heavy atom. The number of nitrogens with one attached hydrogen (secondary N) is 1. The molecule has 0 saturated heterocycles. The molecule has 0 heterocycles. The molecule has 2 nitrogen and oxygen atoms in total. The van der Waals surface area contributed by atoms with Gasteiger partial charge in [-0.05, 0) is 19.1 Å². The summed E-state index contributed by atoms with van der Waals surface area (Å²) in [5.74, 6) is 0. The Morgan fingerprint density at radius 2 is 1.92 bits per heavy atom. The number of likely N-dealkylation sites (N-methyl/N-ethyl adjacent to an activating group) is 1. The summed E-state index contributed by atoms with van der Waals surface area (Å²) in [6.45, 7) is 4.18. The Morgan fingerprint density at radius 3 is 2.42 bits per heavy atom. The van der Waals surface area contributed by atoms with Gasteiger partial charge < -0.3 is 10.0 Å². The van der Waals surface area contributed by atoms with Crippen LogP contribution in [0.3, 0.4) is 0 Å². The van der Waals surface area contributed by atoms with E-state index in [0.717, 1.165) is 13.1 Å². The van der Waals surface area contributed by atoms with Gasteiger partial charge in [0.25, 0.3) is 0 Å². The normalized spacial score (nSPS) is 12.8. The highest BCUT2D eigenvalue weighted by atomic mass is 16.3. The van der Waals surface area contributed by atoms with E-state index in [-0.39, 0.29) is 6.61 Å². The van der Waals surface area contributed by atoms with Crippen LogP contribution in [0, 0.1) is 0 Å². The maximum atomic E-state index is 8.81. The third-order valence-electron chi connectivity index (χ3n) is 2.02. The van der Waals surface area contributed by atoms with Crippen LogP contribution >= 0.6 is 0 Å². The first kappa shape index (κ1) is 9.23. The molecule has 0 amide bonds. The second-order valence-electron chi connectivity index (χ2n) is 2.80. The highest BCUT2D eigenvalue weighted by Crippen LogP contribution is 1.97. The highest BCUT2D eigenvalue weighted by Gasteiger charge is 2.06. The number of aliphatic hydroxyl groups is 1. The third-order valence-corrected chi connectivity index (χ3v) is 2.02. The van der Waals surface area contributed by atoms with E-state index in [0.29, 0.717) is 0 Å². The Balaban J connectivity index is 2.66. The van der Waals surface area contributed by atoms with Crippen LogP contribution in [0.4, 0.5) is 5.69 Å². The number of rotatable bonds is 4. The summed E-state index contributed by atoms with van der Waals surface area (Å²) in [4.78, 5) is 1.33. The van der Waals surface area contributed by atoms with Crippen LogP contribution in [-0.2, 0) is 0 Å². The lowest BCUT2D eigenvalue weighted by atomic mass is 10.3. The van der Waals surface area contributed by atoms with E-state index in [1.54, 1.807) is 0 Å². The molecule has 0 saturated carbocycles. The number of aliphatic hydroxyl groups excluding tert-OH is 1. The van der Waals surface area contributed by atoms with Crippen molar-refractivity contribution in [3.63, 3.8) is 0 Å². The third kappa shape index (κ3) is 2.32. The summed E-state index contributed by atoms with van der Waals surface area (Å²) >= 11 is 0. The molecule has 66 valence electrons. The smallest absolute Gasteiger partial charge is 0.131 e. The summed E-state index contributed by atoms with van der Waals surface area (Å²) in [6.07, 6.45) is 0. The molecule has 0 fully saturated rings. The number of hydrogen-bond acceptors (Lipinski definition) is 1. The molecular weight excluding hydrogens is 150 g/mol.